The zero-order valence-electron chi connectivity index (χ0n) is 21.0. The molecule has 0 bridgehead atoms. The Morgan fingerprint density at radius 1 is 1.23 bits per heavy atom. The number of nitrogens with one attached hydrogen (secondary N) is 2. The van der Waals surface area contributed by atoms with Gasteiger partial charge in [0.25, 0.3) is 5.56 Å². The molecule has 1 saturated heterocycles. The van der Waals surface area contributed by atoms with Crippen molar-refractivity contribution in [3.63, 3.8) is 0 Å². The molecular weight excluding hydrogens is 576 g/mol. The molecule has 4 rings (SSSR count). The highest BCUT2D eigenvalue weighted by Gasteiger charge is 2.56. The van der Waals surface area contributed by atoms with E-state index in [4.69, 9.17) is 41.7 Å². The van der Waals surface area contributed by atoms with Crippen molar-refractivity contribution in [3.05, 3.63) is 63.4 Å². The molecule has 2 fully saturated rings. The maximum Gasteiger partial charge on any atom is 0.459 e. The first kappa shape index (κ1) is 29.8. The van der Waals surface area contributed by atoms with Crippen molar-refractivity contribution in [2.45, 2.75) is 73.9 Å². The average Bonchev–Trinajstić information content (AvgIpc) is 3.12. The van der Waals surface area contributed by atoms with Crippen LogP contribution in [0, 0.1) is 0 Å². The van der Waals surface area contributed by atoms with Gasteiger partial charge in [-0.3, -0.25) is 23.7 Å². The summed E-state index contributed by atoms with van der Waals surface area (Å²) in [6, 6.07) is 8.14. The zero-order chi connectivity index (χ0) is 28.2. The molecule has 3 N–H and O–H groups in total. The topological polar surface area (TPSA) is 158 Å². The lowest BCUT2D eigenvalue weighted by Gasteiger charge is -2.27. The summed E-state index contributed by atoms with van der Waals surface area (Å²) in [6.07, 6.45) is 1.17. The van der Waals surface area contributed by atoms with Gasteiger partial charge in [-0.1, -0.05) is 47.8 Å². The lowest BCUT2D eigenvalue weighted by atomic mass is 9.98. The number of rotatable bonds is 10. The van der Waals surface area contributed by atoms with E-state index in [2.05, 4.69) is 10.1 Å². The van der Waals surface area contributed by atoms with Gasteiger partial charge >= 0.3 is 19.4 Å². The number of aliphatic hydroxyl groups is 1. The predicted molar refractivity (Wildman–Crippen MR) is 142 cm³/mol. The number of nitrogens with zero attached hydrogens (tertiary/aromatic N) is 1. The molecule has 214 valence electrons. The van der Waals surface area contributed by atoms with Crippen molar-refractivity contribution < 1.29 is 33.0 Å². The smallest absolute Gasteiger partial charge is 0.459 e. The summed E-state index contributed by atoms with van der Waals surface area (Å²) in [5.41, 5.74) is -1.51. The van der Waals surface area contributed by atoms with Crippen molar-refractivity contribution in [2.24, 2.45) is 0 Å². The van der Waals surface area contributed by atoms with Crippen LogP contribution in [0.25, 0.3) is 0 Å². The van der Waals surface area contributed by atoms with Crippen molar-refractivity contribution >= 4 is 36.9 Å². The summed E-state index contributed by atoms with van der Waals surface area (Å²) in [6.45, 7) is 0.913. The first-order valence-corrected chi connectivity index (χ1v) is 14.8. The number of aromatic nitrogens is 2. The Labute approximate surface area is 234 Å². The molecule has 39 heavy (non-hydrogen) atoms. The molecular formula is C24H30Cl2N3O9P. The number of benzene rings is 1. The number of carbonyl (C=O) groups is 1. The number of para-hydroxylation sites is 1. The molecule has 2 aromatic rings. The Morgan fingerprint density at radius 2 is 1.92 bits per heavy atom. The lowest BCUT2D eigenvalue weighted by Crippen LogP contribution is -2.41. The van der Waals surface area contributed by atoms with E-state index in [0.717, 1.165) is 48.9 Å². The van der Waals surface area contributed by atoms with Crippen molar-refractivity contribution in [1.29, 1.82) is 0 Å². The van der Waals surface area contributed by atoms with Crippen molar-refractivity contribution in [3.8, 4) is 5.75 Å². The highest BCUT2D eigenvalue weighted by Crippen LogP contribution is 2.49. The molecule has 0 unspecified atom stereocenters. The van der Waals surface area contributed by atoms with Gasteiger partial charge in [0.2, 0.25) is 0 Å². The second-order valence-corrected chi connectivity index (χ2v) is 12.5. The summed E-state index contributed by atoms with van der Waals surface area (Å²) in [4.78, 5) is 38.5. The average molecular weight is 606 g/mol. The van der Waals surface area contributed by atoms with Crippen LogP contribution in [0.3, 0.4) is 0 Å². The van der Waals surface area contributed by atoms with Gasteiger partial charge in [-0.25, -0.2) is 9.36 Å². The number of hydrogen-bond donors (Lipinski definition) is 3. The third kappa shape index (κ3) is 7.32. The number of aliphatic hydroxyl groups excluding tert-OH is 1. The van der Waals surface area contributed by atoms with Crippen LogP contribution in [0.4, 0.5) is 0 Å². The van der Waals surface area contributed by atoms with Crippen LogP contribution in [0.5, 0.6) is 5.75 Å². The summed E-state index contributed by atoms with van der Waals surface area (Å²) in [5.74, 6) is -0.423. The Kier molecular flexibility index (Phi) is 9.59. The number of halogens is 2. The van der Waals surface area contributed by atoms with Crippen LogP contribution in [-0.4, -0.2) is 55.9 Å². The van der Waals surface area contributed by atoms with Crippen LogP contribution in [0.15, 0.2) is 52.2 Å². The molecule has 2 aliphatic rings. The second-order valence-electron chi connectivity index (χ2n) is 9.41. The summed E-state index contributed by atoms with van der Waals surface area (Å²) in [5, 5.41) is 13.3. The lowest BCUT2D eigenvalue weighted by molar-refractivity contribution is -0.152. The summed E-state index contributed by atoms with van der Waals surface area (Å²) < 4.78 is 35.1. The maximum atomic E-state index is 13.8. The van der Waals surface area contributed by atoms with Crippen LogP contribution >= 0.6 is 30.9 Å². The largest absolute Gasteiger partial charge is 0.461 e. The van der Waals surface area contributed by atoms with Gasteiger partial charge < -0.3 is 19.1 Å². The first-order chi connectivity index (χ1) is 18.5. The molecule has 1 saturated carbocycles. The third-order valence-corrected chi connectivity index (χ3v) is 8.87. The Bertz CT molecular complexity index is 1300. The van der Waals surface area contributed by atoms with E-state index in [1.807, 2.05) is 0 Å². The highest BCUT2D eigenvalue weighted by atomic mass is 35.5. The minimum atomic E-state index is -4.28. The summed E-state index contributed by atoms with van der Waals surface area (Å²) in [7, 11) is -4.28. The number of aromatic amines is 1. The SMILES string of the molecule is C[C@H](N[P@@](=O)(OC[C@H]1O[C@@H](n2ccc(=O)[nH]c2=O)C(Cl)(Cl)[C@@H]1O)Oc1ccccc1)C(=O)OC1CCCCC1. The molecule has 0 radical (unpaired) electrons. The van der Waals surface area contributed by atoms with Crippen molar-refractivity contribution in [2.75, 3.05) is 6.61 Å². The van der Waals surface area contributed by atoms with Gasteiger partial charge in [0.1, 0.15) is 30.1 Å². The molecule has 2 heterocycles. The molecule has 0 amide bonds. The van der Waals surface area contributed by atoms with E-state index in [-0.39, 0.29) is 11.9 Å². The predicted octanol–water partition coefficient (Wildman–Crippen LogP) is 3.03. The second kappa shape index (κ2) is 12.6. The summed E-state index contributed by atoms with van der Waals surface area (Å²) >= 11 is 12.7. The monoisotopic (exact) mass is 605 g/mol. The van der Waals surface area contributed by atoms with Crippen LogP contribution in [-0.2, 0) is 23.4 Å². The minimum Gasteiger partial charge on any atom is -0.461 e. The highest BCUT2D eigenvalue weighted by molar-refractivity contribution is 7.52. The molecule has 5 atom stereocenters. The minimum absolute atomic E-state index is 0.191. The number of alkyl halides is 2. The Balaban J connectivity index is 1.48. The van der Waals surface area contributed by atoms with Gasteiger partial charge in [0, 0.05) is 12.3 Å². The van der Waals surface area contributed by atoms with Gasteiger partial charge in [0.15, 0.2) is 10.6 Å². The standard InChI is InChI=1S/C24H30Cl2N3O9P/c1-15(21(32)36-16-8-4-2-5-9-16)28-39(34,38-17-10-6-3-7-11-17)35-14-18-20(31)24(25,26)22(37-18)29-13-12-19(30)27-23(29)33/h3,6-7,10-13,15-16,18,20,22,31H,2,4-5,8-9,14H2,1H3,(H,28,34)(H,27,30,33)/t15-,18+,20+,22+,39+/m0/s1. The fourth-order valence-electron chi connectivity index (χ4n) is 4.34. The molecule has 12 nitrogen and oxygen atoms in total. The Hall–Kier alpha value is -2.18. The van der Waals surface area contributed by atoms with E-state index < -0.39 is 60.4 Å². The molecule has 1 aromatic carbocycles. The number of hydrogen-bond acceptors (Lipinski definition) is 9. The van der Waals surface area contributed by atoms with Gasteiger partial charge in [0.05, 0.1) is 6.61 Å². The fraction of sp³-hybridized carbons (Fsp3) is 0.542. The van der Waals surface area contributed by atoms with Gasteiger partial charge in [-0.2, -0.15) is 5.09 Å². The zero-order valence-corrected chi connectivity index (χ0v) is 23.4. The molecule has 1 aliphatic heterocycles. The molecule has 0 spiro atoms. The maximum absolute atomic E-state index is 13.8. The first-order valence-electron chi connectivity index (χ1n) is 12.5. The molecule has 15 heteroatoms. The van der Waals surface area contributed by atoms with E-state index in [1.54, 1.807) is 30.3 Å². The van der Waals surface area contributed by atoms with E-state index in [1.165, 1.54) is 6.92 Å². The third-order valence-electron chi connectivity index (χ3n) is 6.40. The van der Waals surface area contributed by atoms with Gasteiger partial charge in [-0.15, -0.1) is 0 Å². The fourth-order valence-corrected chi connectivity index (χ4v) is 6.44. The van der Waals surface area contributed by atoms with Gasteiger partial charge in [-0.05, 0) is 44.7 Å². The molecule has 1 aliphatic carbocycles. The van der Waals surface area contributed by atoms with Crippen LogP contribution in [0.2, 0.25) is 0 Å². The number of H-pyrrole nitrogens is 1. The van der Waals surface area contributed by atoms with Crippen LogP contribution < -0.4 is 20.9 Å². The number of carbonyl (C=O) groups excluding carboxylic acids is 1. The Morgan fingerprint density at radius 3 is 2.59 bits per heavy atom. The molecule has 1 aromatic heterocycles. The number of esters is 1. The van der Waals surface area contributed by atoms with E-state index in [0.29, 0.717) is 0 Å². The van der Waals surface area contributed by atoms with Crippen LogP contribution in [0.1, 0.15) is 45.3 Å². The number of ether oxygens (including phenoxy) is 2. The van der Waals surface area contributed by atoms with E-state index >= 15 is 0 Å². The quantitative estimate of drug-likeness (QED) is 0.209. The normalized spacial score (nSPS) is 25.5. The van der Waals surface area contributed by atoms with E-state index in [9.17, 15) is 24.1 Å². The van der Waals surface area contributed by atoms with Crippen molar-refractivity contribution in [1.82, 2.24) is 14.6 Å².